The number of nitrogens with zero attached hydrogens (tertiary/aromatic N) is 2. The van der Waals surface area contributed by atoms with E-state index in [2.05, 4.69) is 5.32 Å². The van der Waals surface area contributed by atoms with Crippen molar-refractivity contribution in [1.82, 2.24) is 10.2 Å². The molecule has 3 aliphatic rings. The van der Waals surface area contributed by atoms with Gasteiger partial charge in [0, 0.05) is 42.2 Å². The van der Waals surface area contributed by atoms with E-state index in [4.69, 9.17) is 11.6 Å². The van der Waals surface area contributed by atoms with Gasteiger partial charge in [-0.25, -0.2) is 0 Å². The summed E-state index contributed by atoms with van der Waals surface area (Å²) in [7, 11) is 0. The maximum absolute atomic E-state index is 13.2. The van der Waals surface area contributed by atoms with Crippen LogP contribution in [0.25, 0.3) is 0 Å². The molecule has 182 valence electrons. The van der Waals surface area contributed by atoms with Crippen molar-refractivity contribution in [3.63, 3.8) is 0 Å². The SMILES string of the molecule is O=C(NC1=CCCC2=C1CN(Cc1cccc(N3CCCC(CO)C3=O)c1)C2=O)c1ccc(Cl)s1. The molecule has 1 atom stereocenters. The van der Waals surface area contributed by atoms with Crippen LogP contribution in [0.1, 0.15) is 40.9 Å². The number of allylic oxidation sites excluding steroid dienone is 1. The standard InChI is InChI=1S/C26H26ClN3O4S/c27-23-10-9-22(35-23)24(32)28-21-8-2-7-19-20(21)14-29(26(19)34)13-16-4-1-6-18(12-16)30-11-3-5-17(15-31)25(30)33/h1,4,6,8-10,12,17,31H,2-3,5,7,11,13-15H2,(H,28,32). The van der Waals surface area contributed by atoms with Gasteiger partial charge in [-0.1, -0.05) is 29.8 Å². The van der Waals surface area contributed by atoms with Crippen LogP contribution in [0.5, 0.6) is 0 Å². The third-order valence-electron chi connectivity index (χ3n) is 6.74. The average molecular weight is 512 g/mol. The van der Waals surface area contributed by atoms with Crippen LogP contribution in [0, 0.1) is 5.92 Å². The topological polar surface area (TPSA) is 89.9 Å². The van der Waals surface area contributed by atoms with Crippen LogP contribution in [0.2, 0.25) is 4.34 Å². The number of rotatable bonds is 6. The minimum Gasteiger partial charge on any atom is -0.396 e. The van der Waals surface area contributed by atoms with E-state index in [1.807, 2.05) is 30.3 Å². The Kier molecular flexibility index (Phi) is 6.77. The first-order valence-corrected chi connectivity index (χ1v) is 12.9. The maximum atomic E-state index is 13.2. The molecule has 0 radical (unpaired) electrons. The second-order valence-electron chi connectivity index (χ2n) is 9.01. The van der Waals surface area contributed by atoms with E-state index in [1.165, 1.54) is 11.3 Å². The molecule has 35 heavy (non-hydrogen) atoms. The first-order valence-electron chi connectivity index (χ1n) is 11.7. The fourth-order valence-corrected chi connectivity index (χ4v) is 5.90. The summed E-state index contributed by atoms with van der Waals surface area (Å²) in [5, 5.41) is 12.5. The van der Waals surface area contributed by atoms with Crippen molar-refractivity contribution in [2.75, 3.05) is 24.6 Å². The Morgan fingerprint density at radius 3 is 2.83 bits per heavy atom. The molecule has 2 N–H and O–H groups in total. The lowest BCUT2D eigenvalue weighted by Gasteiger charge is -2.32. The van der Waals surface area contributed by atoms with Crippen LogP contribution in [0.3, 0.4) is 0 Å². The van der Waals surface area contributed by atoms with Gasteiger partial charge in [0.2, 0.25) is 5.91 Å². The number of hydrogen-bond donors (Lipinski definition) is 2. The molecule has 1 fully saturated rings. The number of carbonyl (C=O) groups excluding carboxylic acids is 3. The molecular formula is C26H26ClN3O4S. The second kappa shape index (κ2) is 9.97. The molecule has 0 spiro atoms. The summed E-state index contributed by atoms with van der Waals surface area (Å²) in [6, 6.07) is 11.1. The third-order valence-corrected chi connectivity index (χ3v) is 7.97. The van der Waals surface area contributed by atoms with E-state index in [0.717, 1.165) is 28.8 Å². The number of benzene rings is 1. The molecule has 9 heteroatoms. The number of halogens is 1. The Bertz CT molecular complexity index is 1250. The summed E-state index contributed by atoms with van der Waals surface area (Å²) in [6.45, 7) is 1.32. The minimum absolute atomic E-state index is 0.0150. The van der Waals surface area contributed by atoms with Crippen LogP contribution >= 0.6 is 22.9 Å². The molecule has 1 unspecified atom stereocenters. The second-order valence-corrected chi connectivity index (χ2v) is 10.7. The molecule has 3 amide bonds. The van der Waals surface area contributed by atoms with E-state index < -0.39 is 0 Å². The molecule has 2 aliphatic heterocycles. The Labute approximate surface area is 212 Å². The van der Waals surface area contributed by atoms with Crippen LogP contribution in [0.15, 0.2) is 59.3 Å². The van der Waals surface area contributed by atoms with Crippen molar-refractivity contribution in [3.8, 4) is 0 Å². The van der Waals surface area contributed by atoms with Crippen LogP contribution in [0.4, 0.5) is 5.69 Å². The number of hydrogen-bond acceptors (Lipinski definition) is 5. The highest BCUT2D eigenvalue weighted by molar-refractivity contribution is 7.18. The average Bonchev–Trinajstić information content (AvgIpc) is 3.43. The molecule has 7 nitrogen and oxygen atoms in total. The quantitative estimate of drug-likeness (QED) is 0.616. The van der Waals surface area contributed by atoms with E-state index in [0.29, 0.717) is 53.8 Å². The smallest absolute Gasteiger partial charge is 0.265 e. The van der Waals surface area contributed by atoms with E-state index >= 15 is 0 Å². The summed E-state index contributed by atoms with van der Waals surface area (Å²) in [6.07, 6.45) is 4.87. The van der Waals surface area contributed by atoms with Crippen molar-refractivity contribution < 1.29 is 19.5 Å². The lowest BCUT2D eigenvalue weighted by Crippen LogP contribution is -2.42. The largest absolute Gasteiger partial charge is 0.396 e. The molecule has 3 heterocycles. The number of amides is 3. The Morgan fingerprint density at radius 1 is 1.20 bits per heavy atom. The van der Waals surface area contributed by atoms with Gasteiger partial charge in [-0.05, 0) is 55.5 Å². The van der Waals surface area contributed by atoms with Gasteiger partial charge in [-0.15, -0.1) is 11.3 Å². The third kappa shape index (κ3) is 4.78. The summed E-state index contributed by atoms with van der Waals surface area (Å²) >= 11 is 7.18. The summed E-state index contributed by atoms with van der Waals surface area (Å²) < 4.78 is 0.551. The van der Waals surface area contributed by atoms with Gasteiger partial charge in [-0.3, -0.25) is 14.4 Å². The molecule has 0 bridgehead atoms. The minimum atomic E-state index is -0.353. The first kappa shape index (κ1) is 23.8. The molecule has 0 saturated carbocycles. The fourth-order valence-electron chi connectivity index (χ4n) is 4.96. The highest BCUT2D eigenvalue weighted by Crippen LogP contribution is 2.33. The Hall–Kier alpha value is -2.94. The van der Waals surface area contributed by atoms with Crippen molar-refractivity contribution in [3.05, 3.63) is 74.1 Å². The fraction of sp³-hybridized carbons (Fsp3) is 0.346. The van der Waals surface area contributed by atoms with Crippen LogP contribution < -0.4 is 10.2 Å². The molecule has 1 saturated heterocycles. The predicted octanol–water partition coefficient (Wildman–Crippen LogP) is 3.88. The van der Waals surface area contributed by atoms with Crippen LogP contribution in [-0.2, 0) is 16.1 Å². The van der Waals surface area contributed by atoms with E-state index in [-0.39, 0.29) is 30.2 Å². The number of nitrogens with one attached hydrogen (secondary N) is 1. The van der Waals surface area contributed by atoms with Crippen LogP contribution in [-0.4, -0.2) is 47.4 Å². The molecule has 1 aliphatic carbocycles. The summed E-state index contributed by atoms with van der Waals surface area (Å²) in [5.74, 6) is -0.649. The zero-order valence-electron chi connectivity index (χ0n) is 19.1. The number of aliphatic hydroxyl groups is 1. The lowest BCUT2D eigenvalue weighted by molar-refractivity contribution is -0.126. The van der Waals surface area contributed by atoms with Gasteiger partial charge >= 0.3 is 0 Å². The summed E-state index contributed by atoms with van der Waals surface area (Å²) in [4.78, 5) is 42.6. The van der Waals surface area contributed by atoms with E-state index in [1.54, 1.807) is 21.9 Å². The van der Waals surface area contributed by atoms with Gasteiger partial charge in [-0.2, -0.15) is 0 Å². The zero-order valence-corrected chi connectivity index (χ0v) is 20.7. The lowest BCUT2D eigenvalue weighted by atomic mass is 9.97. The van der Waals surface area contributed by atoms with Gasteiger partial charge in [0.15, 0.2) is 0 Å². The van der Waals surface area contributed by atoms with Gasteiger partial charge in [0.25, 0.3) is 11.8 Å². The van der Waals surface area contributed by atoms with E-state index in [9.17, 15) is 19.5 Å². The monoisotopic (exact) mass is 511 g/mol. The number of carbonyl (C=O) groups is 3. The zero-order chi connectivity index (χ0) is 24.5. The first-order chi connectivity index (χ1) is 16.9. The van der Waals surface area contributed by atoms with Gasteiger partial charge < -0.3 is 20.2 Å². The van der Waals surface area contributed by atoms with Crippen molar-refractivity contribution in [1.29, 1.82) is 0 Å². The maximum Gasteiger partial charge on any atom is 0.265 e. The van der Waals surface area contributed by atoms with Crippen molar-refractivity contribution in [2.45, 2.75) is 32.2 Å². The molecule has 5 rings (SSSR count). The van der Waals surface area contributed by atoms with Crippen molar-refractivity contribution >= 4 is 46.3 Å². The highest BCUT2D eigenvalue weighted by Gasteiger charge is 2.34. The number of anilines is 1. The molecular weight excluding hydrogens is 486 g/mol. The number of thiophene rings is 1. The Balaban J connectivity index is 1.29. The van der Waals surface area contributed by atoms with Gasteiger partial charge in [0.1, 0.15) is 0 Å². The molecule has 1 aromatic heterocycles. The number of aliphatic hydroxyl groups excluding tert-OH is 1. The summed E-state index contributed by atoms with van der Waals surface area (Å²) in [5.41, 5.74) is 4.03. The van der Waals surface area contributed by atoms with Crippen molar-refractivity contribution in [2.24, 2.45) is 5.92 Å². The molecule has 1 aromatic carbocycles. The normalized spacial score (nSPS) is 20.3. The molecule has 2 aromatic rings. The Morgan fingerprint density at radius 2 is 2.06 bits per heavy atom. The number of piperidine rings is 1. The van der Waals surface area contributed by atoms with Gasteiger partial charge in [0.05, 0.1) is 21.7 Å². The predicted molar refractivity (Wildman–Crippen MR) is 135 cm³/mol. The highest BCUT2D eigenvalue weighted by atomic mass is 35.5.